The summed E-state index contributed by atoms with van der Waals surface area (Å²) in [5.74, 6) is -0.388. The molecular weight excluding hydrogens is 372 g/mol. The van der Waals surface area contributed by atoms with Crippen LogP contribution < -0.4 is 4.74 Å². The van der Waals surface area contributed by atoms with E-state index in [1.165, 1.54) is 11.1 Å². The third-order valence-corrected chi connectivity index (χ3v) is 5.47. The van der Waals surface area contributed by atoms with Crippen molar-refractivity contribution in [2.24, 2.45) is 5.92 Å². The minimum atomic E-state index is -1.23. The predicted molar refractivity (Wildman–Crippen MR) is 123 cm³/mol. The molecule has 0 unspecified atom stereocenters. The van der Waals surface area contributed by atoms with Gasteiger partial charge < -0.3 is 14.9 Å². The third kappa shape index (κ3) is 4.92. The van der Waals surface area contributed by atoms with Gasteiger partial charge in [-0.1, -0.05) is 75.4 Å². The number of hydrogen-bond donors (Lipinski definition) is 2. The van der Waals surface area contributed by atoms with Crippen LogP contribution in [0.3, 0.4) is 0 Å². The van der Waals surface area contributed by atoms with Gasteiger partial charge in [0.15, 0.2) is 0 Å². The highest BCUT2D eigenvalue weighted by molar-refractivity contribution is 5.98. The van der Waals surface area contributed by atoms with Gasteiger partial charge in [-0.15, -0.1) is 0 Å². The van der Waals surface area contributed by atoms with Crippen molar-refractivity contribution >= 4 is 11.1 Å². The van der Waals surface area contributed by atoms with Crippen LogP contribution in [0, 0.1) is 5.92 Å². The van der Waals surface area contributed by atoms with E-state index in [1.54, 1.807) is 19.1 Å². The molecule has 0 amide bonds. The standard InChI is InChI=1S/C27H30O3/c1-5-25(20-9-7-6-8-10-20)26(21-11-15-23(28)16-12-21)22-13-17-24(18-14-22)30-27(4,29)19(2)3/h6-19,28-29H,5H2,1-4H3/b26-25+/t27-/m1/s1. The van der Waals surface area contributed by atoms with E-state index in [9.17, 15) is 10.2 Å². The van der Waals surface area contributed by atoms with Crippen molar-refractivity contribution in [1.82, 2.24) is 0 Å². The van der Waals surface area contributed by atoms with Crippen LogP contribution in [0.25, 0.3) is 11.1 Å². The molecule has 0 saturated heterocycles. The van der Waals surface area contributed by atoms with Crippen LogP contribution in [-0.4, -0.2) is 16.0 Å². The molecule has 1 atom stereocenters. The Bertz CT molecular complexity index is 983. The van der Waals surface area contributed by atoms with Crippen LogP contribution >= 0.6 is 0 Å². The van der Waals surface area contributed by atoms with E-state index < -0.39 is 5.79 Å². The summed E-state index contributed by atoms with van der Waals surface area (Å²) >= 11 is 0. The summed E-state index contributed by atoms with van der Waals surface area (Å²) in [5, 5.41) is 20.2. The Labute approximate surface area is 179 Å². The highest BCUT2D eigenvalue weighted by atomic mass is 16.6. The van der Waals surface area contributed by atoms with Crippen LogP contribution in [-0.2, 0) is 0 Å². The maximum Gasteiger partial charge on any atom is 0.207 e. The average molecular weight is 403 g/mol. The molecule has 0 aliphatic carbocycles. The number of rotatable bonds is 7. The Morgan fingerprint density at radius 2 is 1.37 bits per heavy atom. The SMILES string of the molecule is CC/C(=C(/c1ccc(O)cc1)c1ccc(O[C@@](C)(O)C(C)C)cc1)c1ccccc1. The highest BCUT2D eigenvalue weighted by Crippen LogP contribution is 2.36. The molecule has 0 radical (unpaired) electrons. The lowest BCUT2D eigenvalue weighted by Crippen LogP contribution is -2.37. The summed E-state index contributed by atoms with van der Waals surface area (Å²) in [6.07, 6.45) is 0.862. The van der Waals surface area contributed by atoms with Gasteiger partial charge in [-0.2, -0.15) is 0 Å². The summed E-state index contributed by atoms with van der Waals surface area (Å²) in [7, 11) is 0. The van der Waals surface area contributed by atoms with Crippen molar-refractivity contribution < 1.29 is 14.9 Å². The van der Waals surface area contributed by atoms with Crippen LogP contribution in [0.4, 0.5) is 0 Å². The first-order valence-electron chi connectivity index (χ1n) is 10.4. The fourth-order valence-corrected chi connectivity index (χ4v) is 3.35. The van der Waals surface area contributed by atoms with Gasteiger partial charge in [0, 0.05) is 12.8 Å². The van der Waals surface area contributed by atoms with Gasteiger partial charge >= 0.3 is 0 Å². The van der Waals surface area contributed by atoms with E-state index >= 15 is 0 Å². The van der Waals surface area contributed by atoms with Crippen molar-refractivity contribution in [3.8, 4) is 11.5 Å². The van der Waals surface area contributed by atoms with Crippen LogP contribution in [0.1, 0.15) is 50.8 Å². The number of benzene rings is 3. The summed E-state index contributed by atoms with van der Waals surface area (Å²) in [5.41, 5.74) is 5.61. The number of allylic oxidation sites excluding steroid dienone is 1. The Hall–Kier alpha value is -3.04. The number of aliphatic hydroxyl groups is 1. The second-order valence-electron chi connectivity index (χ2n) is 7.96. The average Bonchev–Trinajstić information content (AvgIpc) is 2.74. The monoisotopic (exact) mass is 402 g/mol. The van der Waals surface area contributed by atoms with Crippen molar-refractivity contribution in [1.29, 1.82) is 0 Å². The lowest BCUT2D eigenvalue weighted by molar-refractivity contribution is -0.154. The van der Waals surface area contributed by atoms with Gasteiger partial charge in [-0.05, 0) is 58.5 Å². The second kappa shape index (κ2) is 9.19. The first-order valence-corrected chi connectivity index (χ1v) is 10.4. The van der Waals surface area contributed by atoms with Gasteiger partial charge in [-0.3, -0.25) is 0 Å². The van der Waals surface area contributed by atoms with E-state index in [4.69, 9.17) is 4.74 Å². The molecule has 0 fully saturated rings. The predicted octanol–water partition coefficient (Wildman–Crippen LogP) is 6.50. The Balaban J connectivity index is 2.09. The fourth-order valence-electron chi connectivity index (χ4n) is 3.35. The van der Waals surface area contributed by atoms with Gasteiger partial charge in [0.1, 0.15) is 11.5 Å². The number of phenols is 1. The molecule has 2 N–H and O–H groups in total. The zero-order chi connectivity index (χ0) is 21.7. The molecule has 156 valence electrons. The van der Waals surface area contributed by atoms with Crippen molar-refractivity contribution in [2.45, 2.75) is 39.9 Å². The summed E-state index contributed by atoms with van der Waals surface area (Å²) in [6.45, 7) is 7.68. The van der Waals surface area contributed by atoms with E-state index in [-0.39, 0.29) is 11.7 Å². The Kier molecular flexibility index (Phi) is 6.63. The van der Waals surface area contributed by atoms with E-state index in [0.29, 0.717) is 5.75 Å². The molecule has 0 aliphatic heterocycles. The van der Waals surface area contributed by atoms with Gasteiger partial charge in [0.05, 0.1) is 0 Å². The topological polar surface area (TPSA) is 49.7 Å². The van der Waals surface area contributed by atoms with Gasteiger partial charge in [0.25, 0.3) is 0 Å². The lowest BCUT2D eigenvalue weighted by Gasteiger charge is -2.28. The normalized spacial score (nSPS) is 14.2. The minimum absolute atomic E-state index is 0.0330. The molecule has 3 heteroatoms. The maximum atomic E-state index is 10.4. The molecule has 0 aliphatic rings. The molecule has 0 bridgehead atoms. The number of phenolic OH excluding ortho intramolecular Hbond substituents is 1. The third-order valence-electron chi connectivity index (χ3n) is 5.47. The molecule has 0 spiro atoms. The largest absolute Gasteiger partial charge is 0.508 e. The maximum absolute atomic E-state index is 10.4. The quantitative estimate of drug-likeness (QED) is 0.350. The number of aromatic hydroxyl groups is 1. The van der Waals surface area contributed by atoms with Gasteiger partial charge in [-0.25, -0.2) is 0 Å². The molecule has 3 rings (SSSR count). The highest BCUT2D eigenvalue weighted by Gasteiger charge is 2.27. The van der Waals surface area contributed by atoms with Crippen LogP contribution in [0.2, 0.25) is 0 Å². The summed E-state index contributed by atoms with van der Waals surface area (Å²) in [4.78, 5) is 0. The van der Waals surface area contributed by atoms with E-state index in [2.05, 4.69) is 19.1 Å². The summed E-state index contributed by atoms with van der Waals surface area (Å²) < 4.78 is 5.80. The molecule has 30 heavy (non-hydrogen) atoms. The summed E-state index contributed by atoms with van der Waals surface area (Å²) in [6, 6.07) is 25.5. The molecule has 3 nitrogen and oxygen atoms in total. The van der Waals surface area contributed by atoms with E-state index in [1.807, 2.05) is 68.4 Å². The Morgan fingerprint density at radius 1 is 0.833 bits per heavy atom. The van der Waals surface area contributed by atoms with Gasteiger partial charge in [0.2, 0.25) is 5.79 Å². The first kappa shape index (κ1) is 21.7. The minimum Gasteiger partial charge on any atom is -0.508 e. The molecule has 3 aromatic carbocycles. The lowest BCUT2D eigenvalue weighted by atomic mass is 9.88. The molecule has 3 aromatic rings. The van der Waals surface area contributed by atoms with Crippen molar-refractivity contribution in [2.75, 3.05) is 0 Å². The van der Waals surface area contributed by atoms with Crippen molar-refractivity contribution in [3.05, 3.63) is 95.6 Å². The number of hydrogen-bond acceptors (Lipinski definition) is 3. The van der Waals surface area contributed by atoms with Crippen LogP contribution in [0.5, 0.6) is 11.5 Å². The van der Waals surface area contributed by atoms with Crippen LogP contribution in [0.15, 0.2) is 78.9 Å². The molecule has 0 saturated carbocycles. The number of ether oxygens (including phenoxy) is 1. The first-order chi connectivity index (χ1) is 14.3. The van der Waals surface area contributed by atoms with Crippen molar-refractivity contribution in [3.63, 3.8) is 0 Å². The fraction of sp³-hybridized carbons (Fsp3) is 0.259. The molecular formula is C27H30O3. The smallest absolute Gasteiger partial charge is 0.207 e. The zero-order valence-corrected chi connectivity index (χ0v) is 18.1. The zero-order valence-electron chi connectivity index (χ0n) is 18.1. The Morgan fingerprint density at radius 3 is 1.87 bits per heavy atom. The second-order valence-corrected chi connectivity index (χ2v) is 7.96. The molecule has 0 heterocycles. The van der Waals surface area contributed by atoms with E-state index in [0.717, 1.165) is 23.1 Å². The molecule has 0 aromatic heterocycles.